The quantitative estimate of drug-likeness (QED) is 0.280. The minimum Gasteiger partial charge on any atom is -0.290 e. The Kier molecular flexibility index (Phi) is 27.3. The molecule has 1 nitrogen and oxygen atoms in total. The Labute approximate surface area is 122 Å². The molecular weight excluding hydrogens is 230 g/mol. The van der Waals surface area contributed by atoms with Crippen LogP contribution in [0.25, 0.3) is 0 Å². The van der Waals surface area contributed by atoms with E-state index >= 15 is 0 Å². The van der Waals surface area contributed by atoms with Crippen LogP contribution in [0, 0.1) is 0 Å². The molecule has 0 heterocycles. The summed E-state index contributed by atoms with van der Waals surface area (Å²) in [7, 11) is 0. The van der Waals surface area contributed by atoms with Crippen LogP contribution >= 0.6 is 0 Å². The summed E-state index contributed by atoms with van der Waals surface area (Å²) >= 11 is 0. The van der Waals surface area contributed by atoms with Gasteiger partial charge in [-0.05, 0) is 45.6 Å². The van der Waals surface area contributed by atoms with Crippen molar-refractivity contribution in [3.63, 3.8) is 0 Å². The molecule has 0 aromatic rings. The van der Waals surface area contributed by atoms with E-state index < -0.39 is 0 Å². The van der Waals surface area contributed by atoms with Gasteiger partial charge in [-0.25, -0.2) is 0 Å². The Morgan fingerprint density at radius 1 is 1.05 bits per heavy atom. The number of hydrogen-bond donors (Lipinski definition) is 0. The Balaban J connectivity index is -0.000000445. The first kappa shape index (κ1) is 23.3. The molecule has 0 N–H and O–H groups in total. The van der Waals surface area contributed by atoms with E-state index in [0.29, 0.717) is 0 Å². The van der Waals surface area contributed by atoms with Gasteiger partial charge >= 0.3 is 0 Å². The molecule has 0 saturated heterocycles. The van der Waals surface area contributed by atoms with Gasteiger partial charge in [-0.1, -0.05) is 52.7 Å². The second kappa shape index (κ2) is 22.3. The van der Waals surface area contributed by atoms with Gasteiger partial charge < -0.3 is 0 Å². The third kappa shape index (κ3) is 22.8. The lowest BCUT2D eigenvalue weighted by Gasteiger charge is -2.00. The topological polar surface area (TPSA) is 12.4 Å². The van der Waals surface area contributed by atoms with Crippen LogP contribution in [-0.2, 0) is 0 Å². The third-order valence-corrected chi connectivity index (χ3v) is 2.42. The average molecular weight is 268 g/mol. The standard InChI is InChI=1S/C13H23N.C3H8.C2H6/c1-5-7-8-9-10-11-14-13(4)12(3)6-2;1-3-2;1-2/h5-6H,1,7-11H2,2-4H3;3H2,1-2H3;1-2H3/b12-6-,14-13?;;. The molecule has 0 aliphatic rings. The summed E-state index contributed by atoms with van der Waals surface area (Å²) in [4.78, 5) is 4.52. The predicted molar refractivity (Wildman–Crippen MR) is 93.4 cm³/mol. The highest BCUT2D eigenvalue weighted by molar-refractivity contribution is 5.97. The molecule has 0 aromatic carbocycles. The lowest BCUT2D eigenvalue weighted by atomic mass is 10.2. The van der Waals surface area contributed by atoms with Gasteiger partial charge in [0.2, 0.25) is 0 Å². The van der Waals surface area contributed by atoms with Crippen molar-refractivity contribution in [3.8, 4) is 0 Å². The molecule has 0 bridgehead atoms. The smallest absolute Gasteiger partial charge is 0.0392 e. The molecule has 0 spiro atoms. The highest BCUT2D eigenvalue weighted by Gasteiger charge is 1.92. The normalized spacial score (nSPS) is 10.9. The molecule has 19 heavy (non-hydrogen) atoms. The SMILES string of the molecule is C=CCCCCCN=C(C)/C(C)=C\C.CC.CCC. The molecule has 0 aliphatic carbocycles. The largest absolute Gasteiger partial charge is 0.290 e. The minimum absolute atomic E-state index is 0.966. The molecule has 0 fully saturated rings. The van der Waals surface area contributed by atoms with Crippen LogP contribution < -0.4 is 0 Å². The van der Waals surface area contributed by atoms with Crippen molar-refractivity contribution in [3.05, 3.63) is 24.3 Å². The average Bonchev–Trinajstić information content (AvgIpc) is 2.44. The van der Waals surface area contributed by atoms with E-state index in [1.807, 2.05) is 19.9 Å². The van der Waals surface area contributed by atoms with E-state index in [-0.39, 0.29) is 0 Å². The zero-order valence-electron chi connectivity index (χ0n) is 14.6. The fourth-order valence-electron chi connectivity index (χ4n) is 1.16. The fourth-order valence-corrected chi connectivity index (χ4v) is 1.16. The lowest BCUT2D eigenvalue weighted by molar-refractivity contribution is 0.696. The van der Waals surface area contributed by atoms with E-state index in [1.54, 1.807) is 0 Å². The molecule has 0 radical (unpaired) electrons. The maximum Gasteiger partial charge on any atom is 0.0392 e. The fraction of sp³-hybridized carbons (Fsp3) is 0.722. The summed E-state index contributed by atoms with van der Waals surface area (Å²) < 4.78 is 0. The van der Waals surface area contributed by atoms with Crippen LogP contribution in [0.2, 0.25) is 0 Å². The molecule has 0 unspecified atom stereocenters. The van der Waals surface area contributed by atoms with Crippen molar-refractivity contribution in [2.24, 2.45) is 4.99 Å². The highest BCUT2D eigenvalue weighted by Crippen LogP contribution is 2.02. The van der Waals surface area contributed by atoms with Crippen LogP contribution in [0.4, 0.5) is 0 Å². The number of rotatable bonds is 7. The molecule has 1 heteroatoms. The number of hydrogen-bond acceptors (Lipinski definition) is 1. The Hall–Kier alpha value is -0.850. The van der Waals surface area contributed by atoms with Crippen molar-refractivity contribution in [2.45, 2.75) is 80.6 Å². The van der Waals surface area contributed by atoms with Crippen molar-refractivity contribution in [1.82, 2.24) is 0 Å². The van der Waals surface area contributed by atoms with E-state index in [4.69, 9.17) is 0 Å². The number of allylic oxidation sites excluding steroid dienone is 3. The zero-order chi connectivity index (χ0) is 15.5. The first-order chi connectivity index (χ1) is 9.13. The van der Waals surface area contributed by atoms with Crippen LogP contribution in [0.5, 0.6) is 0 Å². The van der Waals surface area contributed by atoms with Crippen molar-refractivity contribution in [2.75, 3.05) is 6.54 Å². The van der Waals surface area contributed by atoms with E-state index in [0.717, 1.165) is 13.0 Å². The molecule has 0 aliphatic heterocycles. The molecule has 0 aromatic heterocycles. The van der Waals surface area contributed by atoms with E-state index in [1.165, 1.54) is 37.0 Å². The Morgan fingerprint density at radius 2 is 1.58 bits per heavy atom. The number of nitrogens with zero attached hydrogens (tertiary/aromatic N) is 1. The maximum atomic E-state index is 4.52. The van der Waals surface area contributed by atoms with Crippen LogP contribution in [-0.4, -0.2) is 12.3 Å². The summed E-state index contributed by atoms with van der Waals surface area (Å²) in [5, 5.41) is 0. The maximum absolute atomic E-state index is 4.52. The second-order valence-corrected chi connectivity index (χ2v) is 4.28. The lowest BCUT2D eigenvalue weighted by Crippen LogP contribution is -1.95. The van der Waals surface area contributed by atoms with Gasteiger partial charge in [0, 0.05) is 12.3 Å². The summed E-state index contributed by atoms with van der Waals surface area (Å²) in [6.45, 7) is 19.2. The number of unbranched alkanes of at least 4 members (excludes halogenated alkanes) is 3. The zero-order valence-corrected chi connectivity index (χ0v) is 14.6. The summed E-state index contributed by atoms with van der Waals surface area (Å²) in [6.07, 6.45) is 10.2. The second-order valence-electron chi connectivity index (χ2n) is 4.28. The van der Waals surface area contributed by atoms with Gasteiger partial charge in [-0.3, -0.25) is 4.99 Å². The minimum atomic E-state index is 0.966. The van der Waals surface area contributed by atoms with Gasteiger partial charge in [0.25, 0.3) is 0 Å². The number of aliphatic imine (C=N–C) groups is 1. The Morgan fingerprint density at radius 3 is 2.00 bits per heavy atom. The molecule has 0 rings (SSSR count). The van der Waals surface area contributed by atoms with Gasteiger partial charge in [0.05, 0.1) is 0 Å². The summed E-state index contributed by atoms with van der Waals surface area (Å²) in [5.41, 5.74) is 2.47. The Bertz CT molecular complexity index is 224. The van der Waals surface area contributed by atoms with Crippen LogP contribution in [0.1, 0.15) is 80.6 Å². The molecule has 0 atom stereocenters. The summed E-state index contributed by atoms with van der Waals surface area (Å²) in [6, 6.07) is 0. The van der Waals surface area contributed by atoms with Crippen LogP contribution in [0.15, 0.2) is 29.3 Å². The van der Waals surface area contributed by atoms with Crippen LogP contribution in [0.3, 0.4) is 0 Å². The van der Waals surface area contributed by atoms with Gasteiger partial charge in [-0.15, -0.1) is 6.58 Å². The summed E-state index contributed by atoms with van der Waals surface area (Å²) in [5.74, 6) is 0. The van der Waals surface area contributed by atoms with Crippen molar-refractivity contribution < 1.29 is 0 Å². The van der Waals surface area contributed by atoms with Crippen molar-refractivity contribution >= 4 is 5.71 Å². The van der Waals surface area contributed by atoms with Gasteiger partial charge in [0.1, 0.15) is 0 Å². The molecule has 114 valence electrons. The van der Waals surface area contributed by atoms with E-state index in [9.17, 15) is 0 Å². The molecule has 0 amide bonds. The molecular formula is C18H37N. The first-order valence-electron chi connectivity index (χ1n) is 7.89. The highest BCUT2D eigenvalue weighted by atomic mass is 14.7. The third-order valence-electron chi connectivity index (χ3n) is 2.42. The van der Waals surface area contributed by atoms with Gasteiger partial charge in [-0.2, -0.15) is 0 Å². The van der Waals surface area contributed by atoms with Crippen molar-refractivity contribution in [1.29, 1.82) is 0 Å². The van der Waals surface area contributed by atoms with E-state index in [2.05, 4.69) is 52.3 Å². The predicted octanol–water partition coefficient (Wildman–Crippen LogP) is 6.60. The first-order valence-corrected chi connectivity index (χ1v) is 7.89. The van der Waals surface area contributed by atoms with Gasteiger partial charge in [0.15, 0.2) is 0 Å². The monoisotopic (exact) mass is 267 g/mol. The molecule has 0 saturated carbocycles.